The highest BCUT2D eigenvalue weighted by atomic mass is 35.5. The summed E-state index contributed by atoms with van der Waals surface area (Å²) >= 11 is 5.97. The van der Waals surface area contributed by atoms with E-state index in [1.165, 1.54) is 0 Å². The molecule has 19 heavy (non-hydrogen) atoms. The van der Waals surface area contributed by atoms with Gasteiger partial charge in [-0.05, 0) is 32.0 Å². The molecule has 0 aromatic heterocycles. The van der Waals surface area contributed by atoms with Gasteiger partial charge >= 0.3 is 5.97 Å². The molecule has 0 radical (unpaired) electrons. The van der Waals surface area contributed by atoms with Crippen LogP contribution in [0.1, 0.15) is 19.4 Å². The fraction of sp³-hybridized carbons (Fsp3) is 0.308. The molecule has 0 spiro atoms. The third-order valence-corrected chi connectivity index (χ3v) is 4.80. The Morgan fingerprint density at radius 1 is 1.47 bits per heavy atom. The maximum atomic E-state index is 12.5. The van der Waals surface area contributed by atoms with Gasteiger partial charge in [0.05, 0.1) is 32.5 Å². The van der Waals surface area contributed by atoms with Crippen molar-refractivity contribution in [3.05, 3.63) is 34.5 Å². The van der Waals surface area contributed by atoms with Crippen molar-refractivity contribution in [1.29, 1.82) is 0 Å². The Morgan fingerprint density at radius 2 is 2.16 bits per heavy atom. The Kier molecular flexibility index (Phi) is 3.69. The van der Waals surface area contributed by atoms with E-state index in [4.69, 9.17) is 16.3 Å². The van der Waals surface area contributed by atoms with Gasteiger partial charge in [-0.1, -0.05) is 11.6 Å². The first-order chi connectivity index (χ1) is 8.86. The molecular formula is C13H14ClNO3S. The number of halogens is 1. The van der Waals surface area contributed by atoms with Gasteiger partial charge in [0.2, 0.25) is 0 Å². The topological polar surface area (TPSA) is 55.7 Å². The lowest BCUT2D eigenvalue weighted by atomic mass is 10.0. The molecular weight excluding hydrogens is 286 g/mol. The highest BCUT2D eigenvalue weighted by Crippen LogP contribution is 2.35. The highest BCUT2D eigenvalue weighted by molar-refractivity contribution is 7.93. The van der Waals surface area contributed by atoms with Gasteiger partial charge in [-0.3, -0.25) is 0 Å². The Hall–Kier alpha value is -1.33. The van der Waals surface area contributed by atoms with Gasteiger partial charge in [-0.2, -0.15) is 4.36 Å². The monoisotopic (exact) mass is 299 g/mol. The van der Waals surface area contributed by atoms with E-state index in [0.29, 0.717) is 26.8 Å². The summed E-state index contributed by atoms with van der Waals surface area (Å²) in [5.74, 6) is -0.470. The molecule has 1 aliphatic heterocycles. The number of fused-ring (bicyclic) bond motifs is 1. The summed E-state index contributed by atoms with van der Waals surface area (Å²) in [6.45, 7) is 3.65. The molecule has 1 unspecified atom stereocenters. The molecule has 0 N–H and O–H groups in total. The first kappa shape index (κ1) is 14.1. The van der Waals surface area contributed by atoms with Crippen molar-refractivity contribution in [3.63, 3.8) is 0 Å². The second-order valence-corrected chi connectivity index (χ2v) is 6.88. The Morgan fingerprint density at radius 3 is 2.79 bits per heavy atom. The van der Waals surface area contributed by atoms with E-state index in [1.54, 1.807) is 38.3 Å². The van der Waals surface area contributed by atoms with Crippen LogP contribution < -0.4 is 0 Å². The molecule has 1 heterocycles. The lowest BCUT2D eigenvalue weighted by Crippen LogP contribution is -2.15. The van der Waals surface area contributed by atoms with Gasteiger partial charge in [0, 0.05) is 16.8 Å². The molecule has 1 aliphatic rings. The van der Waals surface area contributed by atoms with E-state index in [0.717, 1.165) is 0 Å². The predicted octanol–water partition coefficient (Wildman–Crippen LogP) is 3.10. The van der Waals surface area contributed by atoms with Crippen LogP contribution in [-0.4, -0.2) is 23.0 Å². The van der Waals surface area contributed by atoms with Crippen LogP contribution in [0, 0.1) is 0 Å². The summed E-state index contributed by atoms with van der Waals surface area (Å²) in [5, 5.41) is 0.477. The number of esters is 1. The molecule has 6 heteroatoms. The average Bonchev–Trinajstić information content (AvgIpc) is 2.27. The number of allylic oxidation sites excluding steroid dienone is 1. The number of rotatable bonds is 2. The molecule has 102 valence electrons. The molecule has 2 rings (SSSR count). The Balaban J connectivity index is 2.75. The van der Waals surface area contributed by atoms with Gasteiger partial charge in [0.1, 0.15) is 0 Å². The molecule has 1 aromatic rings. The standard InChI is InChI=1S/C13H14ClNO3S/c1-4-18-13(16)12-8(2)15-19(3,17)11-6-5-9(14)7-10(11)12/h5-7H,4H2,1-3H3. The summed E-state index contributed by atoms with van der Waals surface area (Å²) in [6.07, 6.45) is 1.55. The van der Waals surface area contributed by atoms with Gasteiger partial charge in [-0.15, -0.1) is 0 Å². The Labute approximate surface area is 117 Å². The van der Waals surface area contributed by atoms with E-state index >= 15 is 0 Å². The van der Waals surface area contributed by atoms with Crippen molar-refractivity contribution in [2.45, 2.75) is 18.7 Å². The smallest absolute Gasteiger partial charge is 0.340 e. The van der Waals surface area contributed by atoms with Crippen molar-refractivity contribution < 1.29 is 13.7 Å². The minimum Gasteiger partial charge on any atom is -0.462 e. The van der Waals surface area contributed by atoms with Gasteiger partial charge in [0.15, 0.2) is 0 Å². The van der Waals surface area contributed by atoms with E-state index in [9.17, 15) is 9.00 Å². The van der Waals surface area contributed by atoms with E-state index < -0.39 is 15.7 Å². The summed E-state index contributed by atoms with van der Waals surface area (Å²) in [5.41, 5.74) is 1.30. The summed E-state index contributed by atoms with van der Waals surface area (Å²) in [7, 11) is -2.54. The normalized spacial score (nSPS) is 21.7. The molecule has 4 nitrogen and oxygen atoms in total. The van der Waals surface area contributed by atoms with Crippen molar-refractivity contribution in [2.75, 3.05) is 12.9 Å². The summed E-state index contributed by atoms with van der Waals surface area (Å²) < 4.78 is 21.6. The van der Waals surface area contributed by atoms with Crippen molar-refractivity contribution in [3.8, 4) is 0 Å². The zero-order valence-corrected chi connectivity index (χ0v) is 12.5. The fourth-order valence-electron chi connectivity index (χ4n) is 2.04. The van der Waals surface area contributed by atoms with Crippen LogP contribution in [-0.2, 0) is 19.3 Å². The number of ether oxygens (including phenoxy) is 1. The molecule has 0 saturated heterocycles. The molecule has 0 aliphatic carbocycles. The lowest BCUT2D eigenvalue weighted by Gasteiger charge is -2.19. The largest absolute Gasteiger partial charge is 0.462 e. The Bertz CT molecular complexity index is 700. The van der Waals surface area contributed by atoms with Crippen molar-refractivity contribution in [1.82, 2.24) is 0 Å². The third-order valence-electron chi connectivity index (χ3n) is 2.77. The number of nitrogens with zero attached hydrogens (tertiary/aromatic N) is 1. The van der Waals surface area contributed by atoms with Crippen molar-refractivity contribution in [2.24, 2.45) is 4.36 Å². The second-order valence-electron chi connectivity index (χ2n) is 4.22. The molecule has 0 fully saturated rings. The minimum atomic E-state index is -2.54. The fourth-order valence-corrected chi connectivity index (χ4v) is 3.81. The van der Waals surface area contributed by atoms with Crippen LogP contribution in [0.2, 0.25) is 5.02 Å². The number of carbonyl (C=O) groups excluding carboxylic acids is 1. The molecule has 0 saturated carbocycles. The third kappa shape index (κ3) is 2.53. The zero-order valence-electron chi connectivity index (χ0n) is 10.9. The van der Waals surface area contributed by atoms with Gasteiger partial charge in [-0.25, -0.2) is 9.00 Å². The predicted molar refractivity (Wildman–Crippen MR) is 75.4 cm³/mol. The van der Waals surface area contributed by atoms with E-state index in [1.807, 2.05) is 0 Å². The van der Waals surface area contributed by atoms with Gasteiger partial charge < -0.3 is 4.74 Å². The van der Waals surface area contributed by atoms with Crippen LogP contribution in [0.15, 0.2) is 33.2 Å². The average molecular weight is 300 g/mol. The number of hydrogen-bond donors (Lipinski definition) is 0. The molecule has 1 atom stereocenters. The molecule has 1 aromatic carbocycles. The number of hydrogen-bond acceptors (Lipinski definition) is 4. The minimum absolute atomic E-state index is 0.271. The number of benzene rings is 1. The first-order valence-corrected chi connectivity index (χ1v) is 8.07. The molecule has 0 bridgehead atoms. The van der Waals surface area contributed by atoms with Gasteiger partial charge in [0.25, 0.3) is 0 Å². The SMILES string of the molecule is CCOC(=O)C1=C(C)N=S(C)(=O)c2ccc(Cl)cc21. The van der Waals surface area contributed by atoms with E-state index in [-0.39, 0.29) is 6.61 Å². The maximum Gasteiger partial charge on any atom is 0.340 e. The lowest BCUT2D eigenvalue weighted by molar-refractivity contribution is -0.136. The molecule has 0 amide bonds. The zero-order chi connectivity index (χ0) is 14.2. The van der Waals surface area contributed by atoms with Crippen LogP contribution >= 0.6 is 11.6 Å². The van der Waals surface area contributed by atoms with Crippen LogP contribution in [0.3, 0.4) is 0 Å². The quantitative estimate of drug-likeness (QED) is 0.789. The number of carbonyl (C=O) groups is 1. The van der Waals surface area contributed by atoms with Crippen LogP contribution in [0.4, 0.5) is 0 Å². The van der Waals surface area contributed by atoms with Crippen molar-refractivity contribution >= 4 is 32.9 Å². The second kappa shape index (κ2) is 4.98. The summed E-state index contributed by atoms with van der Waals surface area (Å²) in [6, 6.07) is 4.92. The van der Waals surface area contributed by atoms with E-state index in [2.05, 4.69) is 4.36 Å². The van der Waals surface area contributed by atoms with Crippen LogP contribution in [0.25, 0.3) is 5.57 Å². The maximum absolute atomic E-state index is 12.5. The summed E-state index contributed by atoms with van der Waals surface area (Å²) in [4.78, 5) is 12.5. The highest BCUT2D eigenvalue weighted by Gasteiger charge is 2.27. The van der Waals surface area contributed by atoms with Crippen LogP contribution in [0.5, 0.6) is 0 Å². The first-order valence-electron chi connectivity index (χ1n) is 5.77.